The molecular weight excluding hydrogens is 254 g/mol. The molecular formula is C13H10F2N2S. The Kier molecular flexibility index (Phi) is 4.03. The Bertz CT molecular complexity index is 561. The smallest absolute Gasteiger partial charge is 0.159 e. The number of thiophene rings is 1. The van der Waals surface area contributed by atoms with Crippen molar-refractivity contribution in [2.45, 2.75) is 12.6 Å². The van der Waals surface area contributed by atoms with Gasteiger partial charge in [-0.05, 0) is 29.1 Å². The minimum Gasteiger partial charge on any atom is -0.293 e. The fraction of sp³-hybridized carbons (Fsp3) is 0.154. The van der Waals surface area contributed by atoms with Crippen LogP contribution in [0.5, 0.6) is 0 Å². The van der Waals surface area contributed by atoms with Crippen LogP contribution in [0.2, 0.25) is 0 Å². The molecule has 0 aliphatic carbocycles. The molecule has 0 aliphatic heterocycles. The van der Waals surface area contributed by atoms with Crippen LogP contribution in [0, 0.1) is 23.0 Å². The van der Waals surface area contributed by atoms with Gasteiger partial charge in [0.05, 0.1) is 6.07 Å². The largest absolute Gasteiger partial charge is 0.293 e. The molecule has 2 rings (SSSR count). The number of hydrogen-bond acceptors (Lipinski definition) is 3. The molecule has 2 aromatic rings. The van der Waals surface area contributed by atoms with Gasteiger partial charge in [-0.1, -0.05) is 12.1 Å². The van der Waals surface area contributed by atoms with E-state index in [1.807, 2.05) is 23.6 Å². The highest BCUT2D eigenvalue weighted by molar-refractivity contribution is 7.09. The molecule has 0 amide bonds. The number of benzene rings is 1. The second kappa shape index (κ2) is 5.71. The van der Waals surface area contributed by atoms with Crippen LogP contribution in [0.3, 0.4) is 0 Å². The molecule has 0 spiro atoms. The van der Waals surface area contributed by atoms with E-state index in [9.17, 15) is 8.78 Å². The van der Waals surface area contributed by atoms with Gasteiger partial charge < -0.3 is 0 Å². The Morgan fingerprint density at radius 3 is 2.72 bits per heavy atom. The van der Waals surface area contributed by atoms with Crippen LogP contribution >= 0.6 is 11.3 Å². The van der Waals surface area contributed by atoms with Crippen LogP contribution in [0.25, 0.3) is 0 Å². The van der Waals surface area contributed by atoms with Gasteiger partial charge in [0.2, 0.25) is 0 Å². The van der Waals surface area contributed by atoms with Crippen molar-refractivity contribution in [1.29, 1.82) is 5.26 Å². The Morgan fingerprint density at radius 1 is 1.28 bits per heavy atom. The van der Waals surface area contributed by atoms with Crippen LogP contribution in [0.15, 0.2) is 35.7 Å². The number of nitrogens with zero attached hydrogens (tertiary/aromatic N) is 1. The molecule has 0 saturated carbocycles. The van der Waals surface area contributed by atoms with Crippen molar-refractivity contribution in [2.24, 2.45) is 0 Å². The highest BCUT2D eigenvalue weighted by Crippen LogP contribution is 2.17. The average Bonchev–Trinajstić information content (AvgIpc) is 2.87. The summed E-state index contributed by atoms with van der Waals surface area (Å²) < 4.78 is 25.9. The van der Waals surface area contributed by atoms with Crippen molar-refractivity contribution in [2.75, 3.05) is 0 Å². The first kappa shape index (κ1) is 12.7. The first-order valence-corrected chi connectivity index (χ1v) is 6.19. The molecule has 5 heteroatoms. The number of halogens is 2. The van der Waals surface area contributed by atoms with Gasteiger partial charge in [-0.2, -0.15) is 5.26 Å². The minimum absolute atomic E-state index is 0.424. The standard InChI is InChI=1S/C13H10F2N2S/c14-11-4-3-9(6-12(11)15)13(7-16)17-8-10-2-1-5-18-10/h1-6,13,17H,8H2. The van der Waals surface area contributed by atoms with Crippen molar-refractivity contribution >= 4 is 11.3 Å². The Balaban J connectivity index is 2.08. The van der Waals surface area contributed by atoms with E-state index in [4.69, 9.17) is 5.26 Å². The summed E-state index contributed by atoms with van der Waals surface area (Å²) in [5.41, 5.74) is 0.424. The molecule has 92 valence electrons. The fourth-order valence-electron chi connectivity index (χ4n) is 1.55. The fourth-order valence-corrected chi connectivity index (χ4v) is 2.20. The first-order valence-electron chi connectivity index (χ1n) is 5.31. The van der Waals surface area contributed by atoms with Gasteiger partial charge >= 0.3 is 0 Å². The summed E-state index contributed by atoms with van der Waals surface area (Å²) in [7, 11) is 0. The summed E-state index contributed by atoms with van der Waals surface area (Å²) >= 11 is 1.57. The van der Waals surface area contributed by atoms with E-state index in [1.165, 1.54) is 6.07 Å². The van der Waals surface area contributed by atoms with Gasteiger partial charge in [0, 0.05) is 11.4 Å². The highest BCUT2D eigenvalue weighted by atomic mass is 32.1. The van der Waals surface area contributed by atoms with E-state index >= 15 is 0 Å². The summed E-state index contributed by atoms with van der Waals surface area (Å²) in [5.74, 6) is -1.85. The topological polar surface area (TPSA) is 35.8 Å². The summed E-state index contributed by atoms with van der Waals surface area (Å²) in [5, 5.41) is 14.0. The third kappa shape index (κ3) is 2.92. The van der Waals surface area contributed by atoms with Gasteiger partial charge in [0.25, 0.3) is 0 Å². The number of nitrogens with one attached hydrogen (secondary N) is 1. The van der Waals surface area contributed by atoms with E-state index in [1.54, 1.807) is 11.3 Å². The van der Waals surface area contributed by atoms with Gasteiger partial charge in [-0.25, -0.2) is 8.78 Å². The van der Waals surface area contributed by atoms with Crippen LogP contribution in [-0.4, -0.2) is 0 Å². The molecule has 18 heavy (non-hydrogen) atoms. The molecule has 2 nitrogen and oxygen atoms in total. The molecule has 1 atom stereocenters. The van der Waals surface area contributed by atoms with Crippen molar-refractivity contribution < 1.29 is 8.78 Å². The second-order valence-corrected chi connectivity index (χ2v) is 4.73. The Hall–Kier alpha value is -1.77. The van der Waals surface area contributed by atoms with Gasteiger partial charge in [-0.3, -0.25) is 5.32 Å². The van der Waals surface area contributed by atoms with Crippen molar-refractivity contribution in [3.8, 4) is 6.07 Å². The molecule has 0 bridgehead atoms. The summed E-state index contributed by atoms with van der Waals surface area (Å²) in [6, 6.07) is 8.73. The van der Waals surface area contributed by atoms with Crippen LogP contribution in [0.4, 0.5) is 8.78 Å². The zero-order valence-electron chi connectivity index (χ0n) is 9.36. The minimum atomic E-state index is -0.939. The van der Waals surface area contributed by atoms with Crippen LogP contribution in [0.1, 0.15) is 16.5 Å². The molecule has 0 saturated heterocycles. The maximum atomic E-state index is 13.1. The lowest BCUT2D eigenvalue weighted by atomic mass is 10.1. The van der Waals surface area contributed by atoms with Gasteiger partial charge in [0.1, 0.15) is 6.04 Å². The molecule has 0 aliphatic rings. The monoisotopic (exact) mass is 264 g/mol. The molecule has 1 aromatic carbocycles. The lowest BCUT2D eigenvalue weighted by Crippen LogP contribution is -2.19. The van der Waals surface area contributed by atoms with Crippen LogP contribution < -0.4 is 5.32 Å². The summed E-state index contributed by atoms with van der Waals surface area (Å²) in [4.78, 5) is 1.08. The molecule has 1 heterocycles. The second-order valence-electron chi connectivity index (χ2n) is 3.70. The van der Waals surface area contributed by atoms with E-state index < -0.39 is 17.7 Å². The Morgan fingerprint density at radius 2 is 2.11 bits per heavy atom. The SMILES string of the molecule is N#CC(NCc1cccs1)c1ccc(F)c(F)c1. The van der Waals surface area contributed by atoms with Crippen molar-refractivity contribution in [3.63, 3.8) is 0 Å². The maximum absolute atomic E-state index is 13.1. The van der Waals surface area contributed by atoms with Crippen molar-refractivity contribution in [1.82, 2.24) is 5.32 Å². The predicted octanol–water partition coefficient (Wildman–Crippen LogP) is 3.38. The maximum Gasteiger partial charge on any atom is 0.159 e. The zero-order chi connectivity index (χ0) is 13.0. The van der Waals surface area contributed by atoms with E-state index in [-0.39, 0.29) is 0 Å². The van der Waals surface area contributed by atoms with Gasteiger partial charge in [0.15, 0.2) is 11.6 Å². The predicted molar refractivity (Wildman–Crippen MR) is 65.9 cm³/mol. The number of hydrogen-bond donors (Lipinski definition) is 1. The molecule has 1 N–H and O–H groups in total. The summed E-state index contributed by atoms with van der Waals surface area (Å²) in [6.45, 7) is 0.523. The normalized spacial score (nSPS) is 12.1. The third-order valence-corrected chi connectivity index (χ3v) is 3.34. The van der Waals surface area contributed by atoms with Crippen LogP contribution in [-0.2, 0) is 6.54 Å². The van der Waals surface area contributed by atoms with E-state index in [0.717, 1.165) is 17.0 Å². The quantitative estimate of drug-likeness (QED) is 0.919. The van der Waals surface area contributed by atoms with Crippen molar-refractivity contribution in [3.05, 3.63) is 57.8 Å². The number of rotatable bonds is 4. The first-order chi connectivity index (χ1) is 8.70. The molecule has 0 radical (unpaired) electrons. The van der Waals surface area contributed by atoms with E-state index in [2.05, 4.69) is 5.32 Å². The third-order valence-electron chi connectivity index (χ3n) is 2.47. The summed E-state index contributed by atoms with van der Waals surface area (Å²) in [6.07, 6.45) is 0. The lowest BCUT2D eigenvalue weighted by molar-refractivity contribution is 0.504. The average molecular weight is 264 g/mol. The highest BCUT2D eigenvalue weighted by Gasteiger charge is 2.12. The molecule has 0 fully saturated rings. The van der Waals surface area contributed by atoms with Gasteiger partial charge in [-0.15, -0.1) is 11.3 Å². The molecule has 1 aromatic heterocycles. The zero-order valence-corrected chi connectivity index (χ0v) is 10.2. The van der Waals surface area contributed by atoms with E-state index in [0.29, 0.717) is 12.1 Å². The number of nitriles is 1. The Labute approximate surface area is 107 Å². The molecule has 1 unspecified atom stereocenters. The lowest BCUT2D eigenvalue weighted by Gasteiger charge is -2.11.